The van der Waals surface area contributed by atoms with Crippen molar-refractivity contribution in [1.29, 1.82) is 0 Å². The van der Waals surface area contributed by atoms with Crippen molar-refractivity contribution in [2.24, 2.45) is 0 Å². The molecule has 0 bridgehead atoms. The number of rotatable bonds is 7. The minimum atomic E-state index is -0.463. The van der Waals surface area contributed by atoms with Crippen molar-refractivity contribution in [2.75, 3.05) is 0 Å². The predicted octanol–water partition coefficient (Wildman–Crippen LogP) is 2.78. The molecule has 134 valence electrons. The zero-order chi connectivity index (χ0) is 18.1. The van der Waals surface area contributed by atoms with E-state index in [9.17, 15) is 4.79 Å². The summed E-state index contributed by atoms with van der Waals surface area (Å²) in [6.45, 7) is 5.69. The molecule has 25 heavy (non-hydrogen) atoms. The van der Waals surface area contributed by atoms with E-state index in [-0.39, 0.29) is 33.1 Å². The van der Waals surface area contributed by atoms with Gasteiger partial charge in [0.25, 0.3) is 0 Å². The first-order valence-corrected chi connectivity index (χ1v) is 13.2. The standard InChI is InChI=1S/C20H25NO2SeTe/c1-20(2,3)23-19(22)21-16(14-24-17-10-6-4-7-11-17)15-25-18-12-8-5-9-13-18/h4-13,16H,14-15H2,1-3H3,(H,21,22)/t16-/m1/s1. The third-order valence-electron chi connectivity index (χ3n) is 3.11. The van der Waals surface area contributed by atoms with Crippen LogP contribution in [0.15, 0.2) is 60.7 Å². The van der Waals surface area contributed by atoms with Crippen molar-refractivity contribution >= 4 is 50.0 Å². The van der Waals surface area contributed by atoms with Crippen molar-refractivity contribution in [3.63, 3.8) is 0 Å². The molecular formula is C20H25NO2SeTe. The molecule has 0 spiro atoms. The van der Waals surface area contributed by atoms with Gasteiger partial charge in [-0.1, -0.05) is 0 Å². The zero-order valence-electron chi connectivity index (χ0n) is 14.9. The first-order valence-electron chi connectivity index (χ1n) is 8.27. The Bertz CT molecular complexity index is 600. The molecule has 2 aromatic carbocycles. The Hall–Kier alpha value is -0.981. The van der Waals surface area contributed by atoms with E-state index in [0.717, 1.165) is 9.79 Å². The molecule has 0 fully saturated rings. The molecule has 5 heteroatoms. The van der Waals surface area contributed by atoms with E-state index < -0.39 is 5.60 Å². The topological polar surface area (TPSA) is 38.3 Å². The summed E-state index contributed by atoms with van der Waals surface area (Å²) < 4.78 is 9.28. The fourth-order valence-electron chi connectivity index (χ4n) is 2.03. The maximum absolute atomic E-state index is 12.2. The van der Waals surface area contributed by atoms with E-state index in [1.54, 1.807) is 0 Å². The van der Waals surface area contributed by atoms with E-state index in [1.165, 1.54) is 8.07 Å². The number of ether oxygens (including phenoxy) is 1. The summed E-state index contributed by atoms with van der Waals surface area (Å²) in [7, 11) is 0. The molecular weight excluding hydrogens is 493 g/mol. The van der Waals surface area contributed by atoms with Crippen molar-refractivity contribution in [1.82, 2.24) is 5.32 Å². The number of benzene rings is 2. The Labute approximate surface area is 167 Å². The van der Waals surface area contributed by atoms with Crippen LogP contribution < -0.4 is 13.4 Å². The van der Waals surface area contributed by atoms with Crippen molar-refractivity contribution < 1.29 is 9.53 Å². The minimum absolute atomic E-state index is 0.178. The van der Waals surface area contributed by atoms with Gasteiger partial charge in [-0.15, -0.1) is 0 Å². The monoisotopic (exact) mass is 521 g/mol. The van der Waals surface area contributed by atoms with Gasteiger partial charge in [0.2, 0.25) is 0 Å². The maximum atomic E-state index is 12.2. The van der Waals surface area contributed by atoms with Gasteiger partial charge in [0.05, 0.1) is 0 Å². The normalized spacial score (nSPS) is 12.4. The van der Waals surface area contributed by atoms with Gasteiger partial charge in [0, 0.05) is 0 Å². The van der Waals surface area contributed by atoms with Gasteiger partial charge < -0.3 is 0 Å². The van der Waals surface area contributed by atoms with Crippen LogP contribution in [0.2, 0.25) is 9.79 Å². The third kappa shape index (κ3) is 8.79. The number of alkyl carbamates (subject to hydrolysis) is 1. The van der Waals surface area contributed by atoms with Gasteiger partial charge in [0.1, 0.15) is 0 Å². The summed E-state index contributed by atoms with van der Waals surface area (Å²) in [4.78, 5) is 12.2. The first-order chi connectivity index (χ1) is 11.9. The van der Waals surface area contributed by atoms with Crippen LogP contribution in [-0.4, -0.2) is 53.6 Å². The molecule has 0 unspecified atom stereocenters. The van der Waals surface area contributed by atoms with Gasteiger partial charge in [-0.05, 0) is 0 Å². The summed E-state index contributed by atoms with van der Waals surface area (Å²) in [6, 6.07) is 21.3. The van der Waals surface area contributed by atoms with E-state index in [0.29, 0.717) is 15.0 Å². The number of nitrogens with one attached hydrogen (secondary N) is 1. The second kappa shape index (κ2) is 10.2. The summed E-state index contributed by atoms with van der Waals surface area (Å²) in [5.74, 6) is 0. The van der Waals surface area contributed by atoms with Gasteiger partial charge in [-0.25, -0.2) is 0 Å². The number of carbonyl (C=O) groups is 1. The fourth-order valence-corrected chi connectivity index (χ4v) is 7.75. The second-order valence-corrected chi connectivity index (χ2v) is 12.0. The molecule has 2 aromatic rings. The summed E-state index contributed by atoms with van der Waals surface area (Å²) in [5.41, 5.74) is -0.463. The van der Waals surface area contributed by atoms with E-state index >= 15 is 0 Å². The Kier molecular flexibility index (Phi) is 8.33. The summed E-state index contributed by atoms with van der Waals surface area (Å²) in [5, 5.41) is 4.09. The van der Waals surface area contributed by atoms with Gasteiger partial charge in [0.15, 0.2) is 0 Å². The average molecular weight is 518 g/mol. The molecule has 0 saturated heterocycles. The Morgan fingerprint density at radius 3 is 2.28 bits per heavy atom. The number of amides is 1. The van der Waals surface area contributed by atoms with Gasteiger partial charge in [-0.3, -0.25) is 0 Å². The fraction of sp³-hybridized carbons (Fsp3) is 0.350. The molecule has 0 aromatic heterocycles. The molecule has 0 heterocycles. The zero-order valence-corrected chi connectivity index (χ0v) is 18.9. The van der Waals surface area contributed by atoms with Gasteiger partial charge >= 0.3 is 168 Å². The second-order valence-electron chi connectivity index (χ2n) is 6.59. The summed E-state index contributed by atoms with van der Waals surface area (Å²) in [6.07, 6.45) is -0.304. The Morgan fingerprint density at radius 2 is 1.68 bits per heavy atom. The van der Waals surface area contributed by atoms with Crippen LogP contribution >= 0.6 is 0 Å². The molecule has 0 aliphatic heterocycles. The van der Waals surface area contributed by atoms with Crippen molar-refractivity contribution in [3.8, 4) is 0 Å². The summed E-state index contributed by atoms with van der Waals surface area (Å²) >= 11 is 0.0344. The quantitative estimate of drug-likeness (QED) is 0.574. The van der Waals surface area contributed by atoms with E-state index in [1.807, 2.05) is 32.9 Å². The molecule has 0 saturated carbocycles. The molecule has 0 radical (unpaired) electrons. The van der Waals surface area contributed by atoms with Crippen LogP contribution in [0.25, 0.3) is 0 Å². The molecule has 1 amide bonds. The van der Waals surface area contributed by atoms with Crippen LogP contribution in [0.3, 0.4) is 0 Å². The van der Waals surface area contributed by atoms with Crippen LogP contribution in [0.5, 0.6) is 0 Å². The molecule has 3 nitrogen and oxygen atoms in total. The Balaban J connectivity index is 1.93. The van der Waals surface area contributed by atoms with Crippen LogP contribution in [-0.2, 0) is 4.74 Å². The molecule has 1 atom stereocenters. The number of carbonyl (C=O) groups excluding carboxylic acids is 1. The molecule has 0 aliphatic carbocycles. The van der Waals surface area contributed by atoms with Gasteiger partial charge in [-0.2, -0.15) is 0 Å². The van der Waals surface area contributed by atoms with Crippen molar-refractivity contribution in [2.45, 2.75) is 42.2 Å². The number of hydrogen-bond donors (Lipinski definition) is 1. The molecule has 1 N–H and O–H groups in total. The van der Waals surface area contributed by atoms with Crippen LogP contribution in [0, 0.1) is 0 Å². The predicted molar refractivity (Wildman–Crippen MR) is 106 cm³/mol. The molecule has 0 aliphatic rings. The first kappa shape index (κ1) is 20.3. The SMILES string of the molecule is CC(C)(C)OC(=O)N[C@H](C[Se]c1ccccc1)C[Te]c1ccccc1. The van der Waals surface area contributed by atoms with Crippen LogP contribution in [0.4, 0.5) is 4.79 Å². The Morgan fingerprint density at radius 1 is 1.08 bits per heavy atom. The van der Waals surface area contributed by atoms with Crippen molar-refractivity contribution in [3.05, 3.63) is 60.7 Å². The average Bonchev–Trinajstić information content (AvgIpc) is 2.57. The van der Waals surface area contributed by atoms with E-state index in [2.05, 4.69) is 53.8 Å². The van der Waals surface area contributed by atoms with Crippen LogP contribution in [0.1, 0.15) is 20.8 Å². The van der Waals surface area contributed by atoms with E-state index in [4.69, 9.17) is 4.74 Å². The molecule has 2 rings (SSSR count). The number of hydrogen-bond acceptors (Lipinski definition) is 2. The third-order valence-corrected chi connectivity index (χ3v) is 8.93.